The highest BCUT2D eigenvalue weighted by Gasteiger charge is 2.09. The average Bonchev–Trinajstić information content (AvgIpc) is 1.84. The van der Waals surface area contributed by atoms with E-state index in [9.17, 15) is 9.59 Å². The molecule has 0 aliphatic carbocycles. The van der Waals surface area contributed by atoms with E-state index in [1.165, 1.54) is 19.9 Å². The summed E-state index contributed by atoms with van der Waals surface area (Å²) in [7, 11) is 0. The van der Waals surface area contributed by atoms with Gasteiger partial charge >= 0.3 is 5.97 Å². The summed E-state index contributed by atoms with van der Waals surface area (Å²) in [4.78, 5) is 20.9. The molecule has 0 radical (unpaired) electrons. The summed E-state index contributed by atoms with van der Waals surface area (Å²) < 4.78 is 0. The van der Waals surface area contributed by atoms with Crippen LogP contribution in [0.5, 0.6) is 0 Å². The number of allylic oxidation sites excluding steroid dienone is 2. The Balaban J connectivity index is 4.09. The first kappa shape index (κ1) is 10.7. The zero-order valence-electron chi connectivity index (χ0n) is 7.42. The molecule has 0 unspecified atom stereocenters. The molecule has 2 N–H and O–H groups in total. The zero-order valence-corrected chi connectivity index (χ0v) is 7.42. The molecule has 0 rings (SSSR count). The largest absolute Gasteiger partial charge is 0.480 e. The number of nitrogens with one attached hydrogen (secondary N) is 1. The van der Waals surface area contributed by atoms with Crippen LogP contribution in [0.1, 0.15) is 20.8 Å². The van der Waals surface area contributed by atoms with Crippen molar-refractivity contribution in [3.63, 3.8) is 0 Å². The van der Waals surface area contributed by atoms with Gasteiger partial charge in [0, 0.05) is 5.70 Å². The lowest BCUT2D eigenvalue weighted by atomic mass is 10.3. The molecule has 0 aliphatic rings. The summed E-state index contributed by atoms with van der Waals surface area (Å²) in [5.41, 5.74) is 0.567. The van der Waals surface area contributed by atoms with Gasteiger partial charge in [0.2, 0.25) is 0 Å². The van der Waals surface area contributed by atoms with E-state index in [1.54, 1.807) is 6.92 Å². The number of carbonyl (C=O) groups excluding carboxylic acids is 1. The Kier molecular flexibility index (Phi) is 4.04. The molecule has 1 atom stereocenters. The van der Waals surface area contributed by atoms with Crippen molar-refractivity contribution in [1.29, 1.82) is 0 Å². The molecule has 0 aromatic heterocycles. The highest BCUT2D eigenvalue weighted by atomic mass is 16.4. The minimum absolute atomic E-state index is 0.0995. The molecular formula is C8H13NO3. The monoisotopic (exact) mass is 171 g/mol. The van der Waals surface area contributed by atoms with Gasteiger partial charge in [-0.1, -0.05) is 0 Å². The van der Waals surface area contributed by atoms with E-state index < -0.39 is 12.0 Å². The molecule has 0 aromatic carbocycles. The minimum Gasteiger partial charge on any atom is -0.480 e. The second kappa shape index (κ2) is 4.54. The Morgan fingerprint density at radius 2 is 1.92 bits per heavy atom. The topological polar surface area (TPSA) is 66.4 Å². The minimum atomic E-state index is -0.939. The van der Waals surface area contributed by atoms with Crippen molar-refractivity contribution in [1.82, 2.24) is 5.32 Å². The van der Waals surface area contributed by atoms with Gasteiger partial charge in [0.25, 0.3) is 0 Å². The Morgan fingerprint density at radius 3 is 2.25 bits per heavy atom. The zero-order chi connectivity index (χ0) is 9.72. The molecule has 0 aliphatic heterocycles. The molecule has 0 saturated heterocycles. The molecule has 0 amide bonds. The maximum atomic E-state index is 10.5. The number of carbonyl (C=O) groups is 2. The fraction of sp³-hybridized carbons (Fsp3) is 0.500. The van der Waals surface area contributed by atoms with E-state index in [4.69, 9.17) is 5.11 Å². The van der Waals surface area contributed by atoms with E-state index >= 15 is 0 Å². The Bertz CT molecular complexity index is 220. The van der Waals surface area contributed by atoms with E-state index in [1.807, 2.05) is 0 Å². The quantitative estimate of drug-likeness (QED) is 0.606. The molecule has 0 heterocycles. The van der Waals surface area contributed by atoms with Crippen molar-refractivity contribution in [3.8, 4) is 0 Å². The third-order valence-corrected chi connectivity index (χ3v) is 1.23. The predicted octanol–water partition coefficient (Wildman–Crippen LogP) is 0.542. The maximum Gasteiger partial charge on any atom is 0.325 e. The molecule has 0 bridgehead atoms. The number of rotatable bonds is 4. The van der Waals surface area contributed by atoms with Gasteiger partial charge in [-0.25, -0.2) is 0 Å². The first-order valence-corrected chi connectivity index (χ1v) is 3.61. The highest BCUT2D eigenvalue weighted by Crippen LogP contribution is 1.91. The molecule has 68 valence electrons. The molecule has 0 spiro atoms. The van der Waals surface area contributed by atoms with Gasteiger partial charge in [0.15, 0.2) is 5.78 Å². The van der Waals surface area contributed by atoms with Crippen molar-refractivity contribution in [2.24, 2.45) is 0 Å². The number of hydrogen-bond donors (Lipinski definition) is 2. The third-order valence-electron chi connectivity index (χ3n) is 1.23. The van der Waals surface area contributed by atoms with Crippen LogP contribution in [0.25, 0.3) is 0 Å². The first-order valence-electron chi connectivity index (χ1n) is 3.61. The van der Waals surface area contributed by atoms with Gasteiger partial charge < -0.3 is 10.4 Å². The van der Waals surface area contributed by atoms with E-state index in [2.05, 4.69) is 5.32 Å². The molecule has 12 heavy (non-hydrogen) atoms. The van der Waals surface area contributed by atoms with Gasteiger partial charge in [-0.2, -0.15) is 0 Å². The molecular weight excluding hydrogens is 158 g/mol. The van der Waals surface area contributed by atoms with Crippen molar-refractivity contribution in [2.45, 2.75) is 26.8 Å². The molecule has 0 saturated carbocycles. The summed E-state index contributed by atoms with van der Waals surface area (Å²) in [5, 5.41) is 11.1. The fourth-order valence-electron chi connectivity index (χ4n) is 0.750. The molecule has 0 aromatic rings. The van der Waals surface area contributed by atoms with Gasteiger partial charge in [-0.3, -0.25) is 9.59 Å². The number of hydrogen-bond acceptors (Lipinski definition) is 3. The van der Waals surface area contributed by atoms with Crippen LogP contribution in [0.3, 0.4) is 0 Å². The van der Waals surface area contributed by atoms with E-state index in [0.717, 1.165) is 0 Å². The van der Waals surface area contributed by atoms with Gasteiger partial charge in [-0.05, 0) is 26.8 Å². The second-order valence-electron chi connectivity index (χ2n) is 2.64. The number of ketones is 1. The van der Waals surface area contributed by atoms with Gasteiger partial charge in [0.05, 0.1) is 0 Å². The van der Waals surface area contributed by atoms with E-state index in [0.29, 0.717) is 5.70 Å². The maximum absolute atomic E-state index is 10.5. The third kappa shape index (κ3) is 4.49. The van der Waals surface area contributed by atoms with Crippen LogP contribution >= 0.6 is 0 Å². The summed E-state index contributed by atoms with van der Waals surface area (Å²) in [5.74, 6) is -1.04. The van der Waals surface area contributed by atoms with Crippen LogP contribution in [0, 0.1) is 0 Å². The standard InChI is InChI=1S/C8H13NO3/c1-5(4-6(2)10)9-7(3)8(11)12/h4,7,9H,1-3H3,(H,11,12)/b5-4-/t7-/m0/s1. The van der Waals surface area contributed by atoms with E-state index in [-0.39, 0.29) is 5.78 Å². The van der Waals surface area contributed by atoms with Crippen molar-refractivity contribution >= 4 is 11.8 Å². The molecule has 4 nitrogen and oxygen atoms in total. The van der Waals surface area contributed by atoms with Crippen LogP contribution < -0.4 is 5.32 Å². The molecule has 4 heteroatoms. The lowest BCUT2D eigenvalue weighted by molar-refractivity contribution is -0.138. The summed E-state index contributed by atoms with van der Waals surface area (Å²) in [6.45, 7) is 4.58. The van der Waals surface area contributed by atoms with Crippen LogP contribution in [-0.4, -0.2) is 22.9 Å². The number of carboxylic acid groups (broad SMARTS) is 1. The Hall–Kier alpha value is -1.32. The average molecular weight is 171 g/mol. The fourth-order valence-corrected chi connectivity index (χ4v) is 0.750. The summed E-state index contributed by atoms with van der Waals surface area (Å²) in [6, 6.07) is -0.666. The highest BCUT2D eigenvalue weighted by molar-refractivity contribution is 5.87. The van der Waals surface area contributed by atoms with Crippen molar-refractivity contribution < 1.29 is 14.7 Å². The first-order chi connectivity index (χ1) is 5.43. The van der Waals surface area contributed by atoms with Crippen LogP contribution in [0.2, 0.25) is 0 Å². The molecule has 0 fully saturated rings. The van der Waals surface area contributed by atoms with Crippen molar-refractivity contribution in [3.05, 3.63) is 11.8 Å². The second-order valence-corrected chi connectivity index (χ2v) is 2.64. The SMILES string of the molecule is CC(=O)/C=C(/C)N[C@@H](C)C(=O)O. The van der Waals surface area contributed by atoms with Crippen LogP contribution in [-0.2, 0) is 9.59 Å². The lowest BCUT2D eigenvalue weighted by Crippen LogP contribution is -2.32. The van der Waals surface area contributed by atoms with Crippen LogP contribution in [0.4, 0.5) is 0 Å². The van der Waals surface area contributed by atoms with Gasteiger partial charge in [0.1, 0.15) is 6.04 Å². The number of aliphatic carboxylic acids is 1. The summed E-state index contributed by atoms with van der Waals surface area (Å²) >= 11 is 0. The lowest BCUT2D eigenvalue weighted by Gasteiger charge is -2.09. The Labute approximate surface area is 71.3 Å². The smallest absolute Gasteiger partial charge is 0.325 e. The summed E-state index contributed by atoms with van der Waals surface area (Å²) in [6.07, 6.45) is 1.36. The Morgan fingerprint density at radius 1 is 1.42 bits per heavy atom. The predicted molar refractivity (Wildman–Crippen MR) is 44.7 cm³/mol. The van der Waals surface area contributed by atoms with Crippen molar-refractivity contribution in [2.75, 3.05) is 0 Å². The van der Waals surface area contributed by atoms with Gasteiger partial charge in [-0.15, -0.1) is 0 Å². The number of carboxylic acids is 1. The normalized spacial score (nSPS) is 13.8. The van der Waals surface area contributed by atoms with Crippen LogP contribution in [0.15, 0.2) is 11.8 Å².